The van der Waals surface area contributed by atoms with Gasteiger partial charge in [0.2, 0.25) is 0 Å². The molecular weight excluding hydrogens is 843 g/mol. The standard InChI is InChI=1S/C44H51IO10Si/c1-30-38(54-56(3,4)55-41-37(45)39-36(52-44(41)46-2)29-50-43(53-39)34-23-15-8-16-24-34)42(49-27-33-21-13-7-14-22-33)40(48-26-32-19-11-6-12-20-32)35(51-30)28-47-25-31-17-9-5-10-18-31/h5-24,35-44H,1,25-29H2,2-4H3/t35-,36-,37-,38+,39-,40-,41-,42-,43-,44-/m1/s1. The van der Waals surface area contributed by atoms with E-state index in [1.54, 1.807) is 7.11 Å². The molecule has 0 unspecified atom stereocenters. The van der Waals surface area contributed by atoms with Crippen LogP contribution in [0.25, 0.3) is 0 Å². The van der Waals surface area contributed by atoms with Gasteiger partial charge in [-0.05, 0) is 29.8 Å². The normalized spacial score (nSPS) is 29.3. The van der Waals surface area contributed by atoms with Crippen molar-refractivity contribution in [2.45, 2.75) is 92.1 Å². The predicted octanol–water partition coefficient (Wildman–Crippen LogP) is 8.05. The lowest BCUT2D eigenvalue weighted by Gasteiger charge is -2.49. The number of hydrogen-bond acceptors (Lipinski definition) is 10. The second kappa shape index (κ2) is 19.6. The number of alkyl halides is 1. The minimum Gasteiger partial charge on any atom is -0.487 e. The summed E-state index contributed by atoms with van der Waals surface area (Å²) in [6.45, 7) is 10.1. The second-order valence-corrected chi connectivity index (χ2v) is 19.3. The Morgan fingerprint density at radius 1 is 0.696 bits per heavy atom. The molecule has 0 bridgehead atoms. The molecule has 10 atom stereocenters. The van der Waals surface area contributed by atoms with Crippen LogP contribution in [-0.4, -0.2) is 81.8 Å². The third-order valence-electron chi connectivity index (χ3n) is 9.97. The molecule has 298 valence electrons. The van der Waals surface area contributed by atoms with E-state index in [4.69, 9.17) is 46.7 Å². The highest BCUT2D eigenvalue weighted by Crippen LogP contribution is 2.40. The van der Waals surface area contributed by atoms with Gasteiger partial charge in [-0.3, -0.25) is 0 Å². The number of rotatable bonds is 16. The van der Waals surface area contributed by atoms with Crippen molar-refractivity contribution in [2.24, 2.45) is 0 Å². The minimum absolute atomic E-state index is 0.147. The van der Waals surface area contributed by atoms with Gasteiger partial charge in [-0.1, -0.05) is 150 Å². The molecule has 0 N–H and O–H groups in total. The first-order valence-electron chi connectivity index (χ1n) is 19.1. The highest BCUT2D eigenvalue weighted by Gasteiger charge is 2.53. The molecule has 3 fully saturated rings. The van der Waals surface area contributed by atoms with Crippen molar-refractivity contribution in [1.29, 1.82) is 0 Å². The average molecular weight is 895 g/mol. The molecule has 4 aromatic carbocycles. The van der Waals surface area contributed by atoms with Gasteiger partial charge >= 0.3 is 8.56 Å². The summed E-state index contributed by atoms with van der Waals surface area (Å²) >= 11 is 2.40. The molecule has 56 heavy (non-hydrogen) atoms. The number of hydrogen-bond donors (Lipinski definition) is 0. The molecular formula is C44H51IO10Si. The largest absolute Gasteiger partial charge is 0.487 e. The molecule has 0 radical (unpaired) electrons. The summed E-state index contributed by atoms with van der Waals surface area (Å²) in [6, 6.07) is 40.1. The van der Waals surface area contributed by atoms with E-state index in [9.17, 15) is 0 Å². The highest BCUT2D eigenvalue weighted by molar-refractivity contribution is 14.1. The van der Waals surface area contributed by atoms with Crippen molar-refractivity contribution in [3.63, 3.8) is 0 Å². The molecule has 0 amide bonds. The molecule has 7 rings (SSSR count). The quantitative estimate of drug-likeness (QED) is 0.0626. The van der Waals surface area contributed by atoms with Gasteiger partial charge < -0.3 is 46.7 Å². The van der Waals surface area contributed by atoms with E-state index >= 15 is 0 Å². The Hall–Kier alpha value is -2.99. The number of halogens is 1. The summed E-state index contributed by atoms with van der Waals surface area (Å²) in [5, 5.41) is 0. The van der Waals surface area contributed by atoms with Gasteiger partial charge in [-0.15, -0.1) is 0 Å². The molecule has 0 aromatic heterocycles. The predicted molar refractivity (Wildman–Crippen MR) is 221 cm³/mol. The zero-order valence-corrected chi connectivity index (χ0v) is 35.2. The van der Waals surface area contributed by atoms with Gasteiger partial charge in [0.25, 0.3) is 0 Å². The molecule has 0 spiro atoms. The summed E-state index contributed by atoms with van der Waals surface area (Å²) in [6.07, 6.45) is -4.76. The zero-order valence-electron chi connectivity index (χ0n) is 32.0. The van der Waals surface area contributed by atoms with Crippen LogP contribution in [-0.2, 0) is 66.6 Å². The number of ether oxygens (including phenoxy) is 8. The van der Waals surface area contributed by atoms with Crippen molar-refractivity contribution < 1.29 is 46.7 Å². The van der Waals surface area contributed by atoms with E-state index in [0.29, 0.717) is 32.2 Å². The molecule has 3 aliphatic heterocycles. The van der Waals surface area contributed by atoms with Crippen LogP contribution in [0.3, 0.4) is 0 Å². The van der Waals surface area contributed by atoms with Crippen molar-refractivity contribution in [1.82, 2.24) is 0 Å². The number of benzene rings is 4. The third kappa shape index (κ3) is 10.5. The van der Waals surface area contributed by atoms with Crippen molar-refractivity contribution in [3.8, 4) is 0 Å². The molecule has 0 aliphatic carbocycles. The Morgan fingerprint density at radius 3 is 1.84 bits per heavy atom. The van der Waals surface area contributed by atoms with Crippen LogP contribution in [0.2, 0.25) is 13.1 Å². The van der Waals surface area contributed by atoms with E-state index in [0.717, 1.165) is 22.3 Å². The van der Waals surface area contributed by atoms with Crippen LogP contribution in [0.5, 0.6) is 0 Å². The van der Waals surface area contributed by atoms with Crippen molar-refractivity contribution >= 4 is 31.2 Å². The van der Waals surface area contributed by atoms with Gasteiger partial charge in [0.1, 0.15) is 42.4 Å². The zero-order chi connectivity index (χ0) is 38.9. The Bertz CT molecular complexity index is 1790. The van der Waals surface area contributed by atoms with E-state index in [-0.39, 0.29) is 22.7 Å². The van der Waals surface area contributed by atoms with E-state index in [1.165, 1.54) is 0 Å². The first-order chi connectivity index (χ1) is 27.3. The highest BCUT2D eigenvalue weighted by atomic mass is 127. The molecule has 0 saturated carbocycles. The van der Waals surface area contributed by atoms with Gasteiger partial charge in [0, 0.05) is 12.7 Å². The van der Waals surface area contributed by atoms with E-state index in [1.807, 2.05) is 134 Å². The van der Waals surface area contributed by atoms with E-state index < -0.39 is 51.7 Å². The maximum Gasteiger partial charge on any atom is 0.332 e. The minimum atomic E-state index is -3.07. The van der Waals surface area contributed by atoms with Crippen LogP contribution in [0, 0.1) is 0 Å². The van der Waals surface area contributed by atoms with Gasteiger partial charge in [0.15, 0.2) is 18.7 Å². The van der Waals surface area contributed by atoms with Gasteiger partial charge in [0.05, 0.1) is 37.0 Å². The maximum atomic E-state index is 7.03. The molecule has 12 heteroatoms. The smallest absolute Gasteiger partial charge is 0.332 e. The summed E-state index contributed by atoms with van der Waals surface area (Å²) in [5.41, 5.74) is 4.06. The lowest BCUT2D eigenvalue weighted by Crippen LogP contribution is -2.64. The fraction of sp³-hybridized carbons (Fsp3) is 0.409. The third-order valence-corrected chi connectivity index (χ3v) is 13.1. The van der Waals surface area contributed by atoms with Crippen LogP contribution in [0.4, 0.5) is 0 Å². The Balaban J connectivity index is 1.11. The summed E-state index contributed by atoms with van der Waals surface area (Å²) in [5.74, 6) is 0.424. The second-order valence-electron chi connectivity index (χ2n) is 14.6. The van der Waals surface area contributed by atoms with Crippen LogP contribution < -0.4 is 0 Å². The van der Waals surface area contributed by atoms with Crippen LogP contribution >= 0.6 is 22.6 Å². The number of methoxy groups -OCH3 is 1. The molecule has 3 saturated heterocycles. The number of fused-ring (bicyclic) bond motifs is 1. The molecule has 4 aromatic rings. The van der Waals surface area contributed by atoms with Crippen LogP contribution in [0.1, 0.15) is 28.5 Å². The Labute approximate surface area is 344 Å². The lowest BCUT2D eigenvalue weighted by molar-refractivity contribution is -0.327. The fourth-order valence-electron chi connectivity index (χ4n) is 7.23. The van der Waals surface area contributed by atoms with Crippen molar-refractivity contribution in [3.05, 3.63) is 156 Å². The first kappa shape index (κ1) is 41.2. The van der Waals surface area contributed by atoms with E-state index in [2.05, 4.69) is 29.2 Å². The van der Waals surface area contributed by atoms with Crippen molar-refractivity contribution in [2.75, 3.05) is 20.3 Å². The summed E-state index contributed by atoms with van der Waals surface area (Å²) in [7, 11) is -1.45. The SMILES string of the molecule is C=C1O[C@H](COCc2ccccc2)[C@@H](OCc2ccccc2)[C@H](OCc2ccccc2)[C@H]1O[Si](C)(C)O[C@H]1[C@H](OC)O[C@@H]2CO[C@@H](c3ccccc3)O[C@H]2[C@H]1I. The fourth-order valence-corrected chi connectivity index (χ4v) is 10.5. The van der Waals surface area contributed by atoms with Crippen LogP contribution in [0.15, 0.2) is 134 Å². The molecule has 3 aliphatic rings. The molecule has 10 nitrogen and oxygen atoms in total. The topological polar surface area (TPSA) is 92.3 Å². The summed E-state index contributed by atoms with van der Waals surface area (Å²) < 4.78 is 65.1. The monoisotopic (exact) mass is 894 g/mol. The first-order valence-corrected chi connectivity index (χ1v) is 23.1. The lowest BCUT2D eigenvalue weighted by atomic mass is 9.97. The average Bonchev–Trinajstić information content (AvgIpc) is 3.23. The van der Waals surface area contributed by atoms with Gasteiger partial charge in [-0.25, -0.2) is 0 Å². The Morgan fingerprint density at radius 2 is 1.25 bits per heavy atom. The molecule has 3 heterocycles. The van der Waals surface area contributed by atoms with Gasteiger partial charge in [-0.2, -0.15) is 0 Å². The summed E-state index contributed by atoms with van der Waals surface area (Å²) in [4.78, 5) is 0. The maximum absolute atomic E-state index is 7.03. The Kier molecular flexibility index (Phi) is 14.4.